The van der Waals surface area contributed by atoms with Crippen LogP contribution in [0.2, 0.25) is 0 Å². The first-order valence-corrected chi connectivity index (χ1v) is 6.59. The molecule has 92 valence electrons. The van der Waals surface area contributed by atoms with Crippen molar-refractivity contribution in [2.75, 3.05) is 12.5 Å². The zero-order chi connectivity index (χ0) is 12.5. The van der Waals surface area contributed by atoms with Gasteiger partial charge in [-0.2, -0.15) is 0 Å². The molecule has 17 heavy (non-hydrogen) atoms. The molecule has 1 rings (SSSR count). The van der Waals surface area contributed by atoms with Crippen molar-refractivity contribution in [2.24, 2.45) is 0 Å². The van der Waals surface area contributed by atoms with Crippen LogP contribution in [0.25, 0.3) is 0 Å². The van der Waals surface area contributed by atoms with Gasteiger partial charge in [-0.05, 0) is 31.0 Å². The van der Waals surface area contributed by atoms with E-state index in [2.05, 4.69) is 31.8 Å². The van der Waals surface area contributed by atoms with Gasteiger partial charge in [0, 0.05) is 12.3 Å². The average Bonchev–Trinajstić information content (AvgIpc) is 2.32. The van der Waals surface area contributed by atoms with E-state index >= 15 is 0 Å². The van der Waals surface area contributed by atoms with E-state index in [-0.39, 0.29) is 0 Å². The fourth-order valence-electron chi connectivity index (χ4n) is 1.40. The van der Waals surface area contributed by atoms with E-state index in [0.29, 0.717) is 12.3 Å². The Labute approximate surface area is 109 Å². The van der Waals surface area contributed by atoms with Gasteiger partial charge < -0.3 is 4.74 Å². The van der Waals surface area contributed by atoms with Crippen LogP contribution in [-0.2, 0) is 0 Å². The Morgan fingerprint density at radius 3 is 2.88 bits per heavy atom. The number of alkyl halides is 1. The van der Waals surface area contributed by atoms with Gasteiger partial charge in [0.15, 0.2) is 0 Å². The molecule has 1 aromatic carbocycles. The van der Waals surface area contributed by atoms with Crippen LogP contribution in [0.3, 0.4) is 0 Å². The second-order valence-electron chi connectivity index (χ2n) is 3.94. The zero-order valence-corrected chi connectivity index (χ0v) is 11.3. The third-order valence-corrected chi connectivity index (χ3v) is 2.52. The van der Waals surface area contributed by atoms with E-state index in [0.717, 1.165) is 30.8 Å². The van der Waals surface area contributed by atoms with Crippen molar-refractivity contribution >= 4 is 11.6 Å². The summed E-state index contributed by atoms with van der Waals surface area (Å²) in [5, 5.41) is 0. The SMILES string of the molecule is CCCCOc1ccc(C)cc1C#CCCCl. The Morgan fingerprint density at radius 2 is 2.18 bits per heavy atom. The maximum absolute atomic E-state index is 5.73. The van der Waals surface area contributed by atoms with Crippen molar-refractivity contribution in [3.63, 3.8) is 0 Å². The quantitative estimate of drug-likeness (QED) is 0.433. The number of rotatable bonds is 5. The van der Waals surface area contributed by atoms with Gasteiger partial charge in [-0.1, -0.05) is 31.3 Å². The Balaban J connectivity index is 2.77. The van der Waals surface area contributed by atoms with Crippen molar-refractivity contribution in [3.05, 3.63) is 29.3 Å². The number of halogens is 1. The fourth-order valence-corrected chi connectivity index (χ4v) is 1.49. The first-order chi connectivity index (χ1) is 8.27. The molecule has 0 aliphatic heterocycles. The second-order valence-corrected chi connectivity index (χ2v) is 4.32. The Hall–Kier alpha value is -1.13. The molecule has 1 aromatic rings. The van der Waals surface area contributed by atoms with E-state index in [1.165, 1.54) is 5.56 Å². The predicted molar refractivity (Wildman–Crippen MR) is 73.8 cm³/mol. The predicted octanol–water partition coefficient (Wildman–Crippen LogP) is 4.15. The molecule has 0 atom stereocenters. The molecule has 0 heterocycles. The third-order valence-electron chi connectivity index (χ3n) is 2.33. The van der Waals surface area contributed by atoms with Crippen LogP contribution >= 0.6 is 11.6 Å². The van der Waals surface area contributed by atoms with Crippen LogP contribution in [0.5, 0.6) is 5.75 Å². The molecular formula is C15H19ClO. The van der Waals surface area contributed by atoms with Crippen molar-refractivity contribution < 1.29 is 4.74 Å². The standard InChI is InChI=1S/C15H19ClO/c1-3-4-11-17-15-9-8-13(2)12-14(15)7-5-6-10-16/h8-9,12H,3-4,6,10-11H2,1-2H3. The summed E-state index contributed by atoms with van der Waals surface area (Å²) in [4.78, 5) is 0. The molecule has 0 amide bonds. The van der Waals surface area contributed by atoms with E-state index < -0.39 is 0 Å². The van der Waals surface area contributed by atoms with Crippen molar-refractivity contribution in [2.45, 2.75) is 33.1 Å². The minimum Gasteiger partial charge on any atom is -0.492 e. The number of hydrogen-bond acceptors (Lipinski definition) is 1. The first kappa shape index (κ1) is 13.9. The highest BCUT2D eigenvalue weighted by Crippen LogP contribution is 2.19. The van der Waals surface area contributed by atoms with Gasteiger partial charge in [-0.3, -0.25) is 0 Å². The van der Waals surface area contributed by atoms with Crippen molar-refractivity contribution in [1.82, 2.24) is 0 Å². The lowest BCUT2D eigenvalue weighted by molar-refractivity contribution is 0.308. The van der Waals surface area contributed by atoms with Crippen LogP contribution in [0.15, 0.2) is 18.2 Å². The maximum Gasteiger partial charge on any atom is 0.134 e. The highest BCUT2D eigenvalue weighted by molar-refractivity contribution is 6.18. The molecule has 0 fully saturated rings. The van der Waals surface area contributed by atoms with E-state index in [1.54, 1.807) is 0 Å². The van der Waals surface area contributed by atoms with E-state index in [1.807, 2.05) is 12.1 Å². The summed E-state index contributed by atoms with van der Waals surface area (Å²) in [7, 11) is 0. The molecule has 0 saturated heterocycles. The van der Waals surface area contributed by atoms with Crippen molar-refractivity contribution in [3.8, 4) is 17.6 Å². The fraction of sp³-hybridized carbons (Fsp3) is 0.467. The molecule has 0 N–H and O–H groups in total. The van der Waals surface area contributed by atoms with Crippen LogP contribution < -0.4 is 4.74 Å². The number of hydrogen-bond donors (Lipinski definition) is 0. The Bertz CT molecular complexity index is 401. The third kappa shape index (κ3) is 5.15. The summed E-state index contributed by atoms with van der Waals surface area (Å²) in [6, 6.07) is 6.10. The summed E-state index contributed by atoms with van der Waals surface area (Å²) in [5.41, 5.74) is 2.16. The van der Waals surface area contributed by atoms with Gasteiger partial charge >= 0.3 is 0 Å². The molecule has 0 aliphatic rings. The summed E-state index contributed by atoms with van der Waals surface area (Å²) >= 11 is 5.61. The lowest BCUT2D eigenvalue weighted by atomic mass is 10.1. The molecule has 0 spiro atoms. The molecule has 0 unspecified atom stereocenters. The molecule has 0 bridgehead atoms. The highest BCUT2D eigenvalue weighted by atomic mass is 35.5. The summed E-state index contributed by atoms with van der Waals surface area (Å²) in [6.07, 6.45) is 2.92. The molecular weight excluding hydrogens is 232 g/mol. The van der Waals surface area contributed by atoms with Gasteiger partial charge in [0.1, 0.15) is 5.75 Å². The normalized spacial score (nSPS) is 9.59. The van der Waals surface area contributed by atoms with Crippen LogP contribution in [0.4, 0.5) is 0 Å². The van der Waals surface area contributed by atoms with Crippen LogP contribution in [0, 0.1) is 18.8 Å². The number of ether oxygens (including phenoxy) is 1. The average molecular weight is 251 g/mol. The van der Waals surface area contributed by atoms with Gasteiger partial charge in [0.05, 0.1) is 12.2 Å². The van der Waals surface area contributed by atoms with Crippen molar-refractivity contribution in [1.29, 1.82) is 0 Å². The summed E-state index contributed by atoms with van der Waals surface area (Å²) < 4.78 is 5.73. The second kappa shape index (κ2) is 8.03. The smallest absolute Gasteiger partial charge is 0.134 e. The Kier molecular flexibility index (Phi) is 6.58. The molecule has 2 heteroatoms. The van der Waals surface area contributed by atoms with E-state index in [4.69, 9.17) is 16.3 Å². The summed E-state index contributed by atoms with van der Waals surface area (Å²) in [6.45, 7) is 4.96. The van der Waals surface area contributed by atoms with Gasteiger partial charge in [-0.15, -0.1) is 11.6 Å². The largest absolute Gasteiger partial charge is 0.492 e. The topological polar surface area (TPSA) is 9.23 Å². The van der Waals surface area contributed by atoms with Gasteiger partial charge in [0.25, 0.3) is 0 Å². The lowest BCUT2D eigenvalue weighted by Crippen LogP contribution is -1.98. The molecule has 0 aromatic heterocycles. The first-order valence-electron chi connectivity index (χ1n) is 6.06. The number of benzene rings is 1. The van der Waals surface area contributed by atoms with E-state index in [9.17, 15) is 0 Å². The minimum absolute atomic E-state index is 0.574. The van der Waals surface area contributed by atoms with Gasteiger partial charge in [0.2, 0.25) is 0 Å². The number of aryl methyl sites for hydroxylation is 1. The van der Waals surface area contributed by atoms with Crippen LogP contribution in [0.1, 0.15) is 37.3 Å². The summed E-state index contributed by atoms with van der Waals surface area (Å²) in [5.74, 6) is 7.62. The Morgan fingerprint density at radius 1 is 1.35 bits per heavy atom. The molecule has 0 radical (unpaired) electrons. The maximum atomic E-state index is 5.73. The highest BCUT2D eigenvalue weighted by Gasteiger charge is 2.01. The number of unbranched alkanes of at least 4 members (excludes halogenated alkanes) is 1. The van der Waals surface area contributed by atoms with Crippen LogP contribution in [-0.4, -0.2) is 12.5 Å². The van der Waals surface area contributed by atoms with Gasteiger partial charge in [-0.25, -0.2) is 0 Å². The molecule has 1 nitrogen and oxygen atoms in total. The molecule has 0 saturated carbocycles. The lowest BCUT2D eigenvalue weighted by Gasteiger charge is -2.08. The minimum atomic E-state index is 0.574. The zero-order valence-electron chi connectivity index (χ0n) is 10.6. The molecule has 0 aliphatic carbocycles. The monoisotopic (exact) mass is 250 g/mol.